The molecule has 5 heteroatoms. The molecule has 0 atom stereocenters. The fourth-order valence-electron chi connectivity index (χ4n) is 2.97. The topological polar surface area (TPSA) is 87.7 Å². The van der Waals surface area contributed by atoms with Gasteiger partial charge in [0.1, 0.15) is 22.7 Å². The van der Waals surface area contributed by atoms with Crippen LogP contribution in [0.15, 0.2) is 75.9 Å². The van der Waals surface area contributed by atoms with E-state index >= 15 is 0 Å². The molecule has 0 saturated heterocycles. The number of benzene rings is 2. The summed E-state index contributed by atoms with van der Waals surface area (Å²) in [6, 6.07) is 18.7. The van der Waals surface area contributed by atoms with Crippen molar-refractivity contribution in [2.24, 2.45) is 0 Å². The number of aromatic hydroxyl groups is 1. The second kappa shape index (κ2) is 6.98. The zero-order chi connectivity index (χ0) is 18.7. The highest BCUT2D eigenvalue weighted by molar-refractivity contribution is 5.99. The summed E-state index contributed by atoms with van der Waals surface area (Å²) in [7, 11) is 0. The Labute approximate surface area is 150 Å². The number of ketones is 1. The lowest BCUT2D eigenvalue weighted by Crippen LogP contribution is -2.32. The van der Waals surface area contributed by atoms with E-state index in [1.165, 1.54) is 13.0 Å². The maximum atomic E-state index is 12.8. The van der Waals surface area contributed by atoms with Gasteiger partial charge in [0, 0.05) is 12.5 Å². The second-order valence-corrected chi connectivity index (χ2v) is 6.10. The van der Waals surface area contributed by atoms with E-state index in [9.17, 15) is 19.8 Å². The molecule has 2 N–H and O–H groups in total. The van der Waals surface area contributed by atoms with E-state index in [0.29, 0.717) is 11.1 Å². The molecule has 0 fully saturated rings. The lowest BCUT2D eigenvalue weighted by atomic mass is 9.81. The molecule has 26 heavy (non-hydrogen) atoms. The van der Waals surface area contributed by atoms with Gasteiger partial charge in [0.2, 0.25) is 0 Å². The molecule has 0 aliphatic rings. The van der Waals surface area contributed by atoms with Crippen LogP contribution < -0.4 is 5.63 Å². The Bertz CT molecular complexity index is 935. The fourth-order valence-corrected chi connectivity index (χ4v) is 2.97. The molecular weight excluding hydrogens is 332 g/mol. The van der Waals surface area contributed by atoms with Crippen LogP contribution in [0.1, 0.15) is 33.7 Å². The molecule has 1 aromatic heterocycles. The van der Waals surface area contributed by atoms with Crippen LogP contribution in [0.2, 0.25) is 0 Å². The first kappa shape index (κ1) is 17.6. The van der Waals surface area contributed by atoms with Crippen molar-refractivity contribution in [3.8, 4) is 5.75 Å². The van der Waals surface area contributed by atoms with Gasteiger partial charge < -0.3 is 14.6 Å². The Hall–Kier alpha value is -3.18. The monoisotopic (exact) mass is 350 g/mol. The Morgan fingerprint density at radius 2 is 1.50 bits per heavy atom. The molecule has 0 amide bonds. The average molecular weight is 350 g/mol. The van der Waals surface area contributed by atoms with Gasteiger partial charge in [0.05, 0.1) is 0 Å². The lowest BCUT2D eigenvalue weighted by Gasteiger charge is -2.28. The Morgan fingerprint density at radius 1 is 1.00 bits per heavy atom. The van der Waals surface area contributed by atoms with E-state index in [4.69, 9.17) is 4.42 Å². The van der Waals surface area contributed by atoms with Gasteiger partial charge in [-0.15, -0.1) is 0 Å². The van der Waals surface area contributed by atoms with Crippen molar-refractivity contribution in [3.63, 3.8) is 0 Å². The number of Topliss-reactive ketones (excluding diaryl/α,β-unsaturated/α-hetero) is 1. The molecule has 0 unspecified atom stereocenters. The van der Waals surface area contributed by atoms with Crippen LogP contribution in [0, 0.1) is 6.92 Å². The Balaban J connectivity index is 2.08. The predicted molar refractivity (Wildman–Crippen MR) is 96.2 cm³/mol. The SMILES string of the molecule is Cc1cc(O)c(C(=O)CC(O)(c2ccccc2)c2ccccc2)c(=O)o1. The van der Waals surface area contributed by atoms with Crippen LogP contribution in [0.25, 0.3) is 0 Å². The maximum absolute atomic E-state index is 12.8. The van der Waals surface area contributed by atoms with Gasteiger partial charge in [-0.3, -0.25) is 4.79 Å². The van der Waals surface area contributed by atoms with Gasteiger partial charge in [-0.25, -0.2) is 4.79 Å². The van der Waals surface area contributed by atoms with Gasteiger partial charge in [-0.2, -0.15) is 0 Å². The normalized spacial score (nSPS) is 11.3. The van der Waals surface area contributed by atoms with Crippen molar-refractivity contribution in [1.82, 2.24) is 0 Å². The largest absolute Gasteiger partial charge is 0.507 e. The standard InChI is InChI=1S/C21H18O5/c1-14-12-17(22)19(20(24)26-14)18(23)13-21(25,15-8-4-2-5-9-15)16-10-6-3-7-11-16/h2-12,22,25H,13H2,1H3. The molecule has 0 aliphatic carbocycles. The van der Waals surface area contributed by atoms with Crippen molar-refractivity contribution in [2.75, 3.05) is 0 Å². The lowest BCUT2D eigenvalue weighted by molar-refractivity contribution is 0.0579. The van der Waals surface area contributed by atoms with Gasteiger partial charge in [0.15, 0.2) is 5.78 Å². The highest BCUT2D eigenvalue weighted by atomic mass is 16.4. The number of aryl methyl sites for hydroxylation is 1. The highest BCUT2D eigenvalue weighted by Crippen LogP contribution is 2.34. The number of aliphatic hydroxyl groups is 1. The van der Waals surface area contributed by atoms with Crippen molar-refractivity contribution >= 4 is 5.78 Å². The summed E-state index contributed by atoms with van der Waals surface area (Å²) in [5, 5.41) is 21.4. The minimum absolute atomic E-state index is 0.199. The van der Waals surface area contributed by atoms with Crippen LogP contribution in [0.4, 0.5) is 0 Å². The van der Waals surface area contributed by atoms with Gasteiger partial charge >= 0.3 is 5.63 Å². The first-order chi connectivity index (χ1) is 12.4. The first-order valence-corrected chi connectivity index (χ1v) is 8.12. The van der Waals surface area contributed by atoms with E-state index in [2.05, 4.69) is 0 Å². The first-order valence-electron chi connectivity index (χ1n) is 8.12. The molecule has 0 radical (unpaired) electrons. The van der Waals surface area contributed by atoms with E-state index in [1.54, 1.807) is 60.7 Å². The molecule has 5 nitrogen and oxygen atoms in total. The van der Waals surface area contributed by atoms with Crippen LogP contribution >= 0.6 is 0 Å². The summed E-state index contributed by atoms with van der Waals surface area (Å²) in [4.78, 5) is 24.8. The number of hydrogen-bond acceptors (Lipinski definition) is 5. The van der Waals surface area contributed by atoms with Gasteiger partial charge in [0.25, 0.3) is 0 Å². The zero-order valence-corrected chi connectivity index (χ0v) is 14.2. The average Bonchev–Trinajstić information content (AvgIpc) is 2.62. The van der Waals surface area contributed by atoms with Crippen molar-refractivity contribution in [1.29, 1.82) is 0 Å². The summed E-state index contributed by atoms with van der Waals surface area (Å²) >= 11 is 0. The summed E-state index contributed by atoms with van der Waals surface area (Å²) in [5.74, 6) is -0.955. The van der Waals surface area contributed by atoms with Crippen molar-refractivity contribution < 1.29 is 19.4 Å². The third-order valence-corrected chi connectivity index (χ3v) is 4.25. The van der Waals surface area contributed by atoms with Crippen molar-refractivity contribution in [2.45, 2.75) is 18.9 Å². The summed E-state index contributed by atoms with van der Waals surface area (Å²) in [6.07, 6.45) is -0.414. The summed E-state index contributed by atoms with van der Waals surface area (Å²) in [5.41, 5.74) is -2.01. The van der Waals surface area contributed by atoms with E-state index in [1.807, 2.05) is 0 Å². The molecule has 1 heterocycles. The van der Waals surface area contributed by atoms with Crippen LogP contribution in [0.3, 0.4) is 0 Å². The number of carbonyl (C=O) groups excluding carboxylic acids is 1. The maximum Gasteiger partial charge on any atom is 0.350 e. The highest BCUT2D eigenvalue weighted by Gasteiger charge is 2.36. The molecule has 2 aromatic carbocycles. The molecular formula is C21H18O5. The van der Waals surface area contributed by atoms with Crippen LogP contribution in [-0.4, -0.2) is 16.0 Å². The van der Waals surface area contributed by atoms with Crippen LogP contribution in [0.5, 0.6) is 5.75 Å². The number of hydrogen-bond donors (Lipinski definition) is 2. The Morgan fingerprint density at radius 3 is 1.96 bits per heavy atom. The molecule has 0 spiro atoms. The van der Waals surface area contributed by atoms with Crippen LogP contribution in [-0.2, 0) is 5.60 Å². The second-order valence-electron chi connectivity index (χ2n) is 6.10. The molecule has 0 aliphatic heterocycles. The minimum Gasteiger partial charge on any atom is -0.507 e. The van der Waals surface area contributed by atoms with Crippen molar-refractivity contribution in [3.05, 3.63) is 99.6 Å². The molecule has 0 bridgehead atoms. The molecule has 132 valence electrons. The fraction of sp³-hybridized carbons (Fsp3) is 0.143. The quantitative estimate of drug-likeness (QED) is 0.690. The number of carbonyl (C=O) groups is 1. The summed E-state index contributed by atoms with van der Waals surface area (Å²) < 4.78 is 4.92. The molecule has 0 saturated carbocycles. The van der Waals surface area contributed by atoms with Gasteiger partial charge in [-0.05, 0) is 18.1 Å². The minimum atomic E-state index is -1.65. The smallest absolute Gasteiger partial charge is 0.350 e. The third kappa shape index (κ3) is 3.30. The predicted octanol–water partition coefficient (Wildman–Crippen LogP) is 3.16. The molecule has 3 aromatic rings. The summed E-state index contributed by atoms with van der Waals surface area (Å²) in [6.45, 7) is 1.50. The van der Waals surface area contributed by atoms with E-state index in [0.717, 1.165) is 0 Å². The number of rotatable bonds is 5. The molecule has 3 rings (SSSR count). The third-order valence-electron chi connectivity index (χ3n) is 4.25. The Kier molecular flexibility index (Phi) is 4.73. The van der Waals surface area contributed by atoms with E-state index in [-0.39, 0.29) is 5.76 Å². The van der Waals surface area contributed by atoms with E-state index < -0.39 is 34.7 Å². The zero-order valence-electron chi connectivity index (χ0n) is 14.2. The van der Waals surface area contributed by atoms with Gasteiger partial charge in [-0.1, -0.05) is 60.7 Å².